The van der Waals surface area contributed by atoms with Gasteiger partial charge in [-0.3, -0.25) is 44.5 Å². The number of thioether (sulfide) groups is 1. The minimum Gasteiger partial charge on any atom is -0.477 e. The van der Waals surface area contributed by atoms with Gasteiger partial charge in [0.05, 0.1) is 12.0 Å². The molecular formula is C35H35N10O11S3+. The van der Waals surface area contributed by atoms with Crippen molar-refractivity contribution >= 4 is 99.4 Å². The molecule has 21 nitrogen and oxygen atoms in total. The summed E-state index contributed by atoms with van der Waals surface area (Å²) in [6, 6.07) is 2.44. The maximum atomic E-state index is 13.7. The lowest BCUT2D eigenvalue weighted by molar-refractivity contribution is -0.701. The number of carbonyl (C=O) groups excluding carboxylic acids is 6. The molecule has 2 aromatic rings. The number of aliphatic carboxylic acids is 1. The number of aromatic nitrogens is 1. The number of quaternary nitrogens is 1. The van der Waals surface area contributed by atoms with Crippen LogP contribution >= 0.6 is 35.0 Å². The van der Waals surface area contributed by atoms with Gasteiger partial charge in [-0.1, -0.05) is 14.3 Å². The molecule has 1 saturated heterocycles. The summed E-state index contributed by atoms with van der Waals surface area (Å²) in [6.45, 7) is 6.67. The molecule has 0 bridgehead atoms. The molecule has 6 rings (SSSR count). The molecule has 6 N–H and O–H groups in total. The highest BCUT2D eigenvalue weighted by Crippen LogP contribution is 2.44. The molecule has 0 saturated carbocycles. The molecule has 4 aliphatic heterocycles. The summed E-state index contributed by atoms with van der Waals surface area (Å²) >= 11 is 3.57. The molecule has 1 aromatic carbocycles. The summed E-state index contributed by atoms with van der Waals surface area (Å²) in [4.78, 5) is 104. The van der Waals surface area contributed by atoms with E-state index in [4.69, 9.17) is 20.0 Å². The largest absolute Gasteiger partial charge is 0.477 e. The van der Waals surface area contributed by atoms with Crippen molar-refractivity contribution in [2.75, 3.05) is 17.2 Å². The monoisotopic (exact) mass is 867 g/mol. The minimum absolute atomic E-state index is 0.0126. The number of thiazole rings is 1. The van der Waals surface area contributed by atoms with Crippen molar-refractivity contribution in [3.8, 4) is 11.5 Å². The summed E-state index contributed by atoms with van der Waals surface area (Å²) in [5.41, 5.74) is 8.85. The van der Waals surface area contributed by atoms with Gasteiger partial charge in [-0.05, 0) is 44.5 Å². The van der Waals surface area contributed by atoms with Gasteiger partial charge >= 0.3 is 17.9 Å². The third-order valence-electron chi connectivity index (χ3n) is 8.47. The second kappa shape index (κ2) is 16.8. The number of hydrazine groups is 1. The molecule has 1 fully saturated rings. The highest BCUT2D eigenvalue weighted by molar-refractivity contribution is 8.00. The number of oxime groups is 1. The number of esters is 2. The van der Waals surface area contributed by atoms with Crippen molar-refractivity contribution in [3.63, 3.8) is 0 Å². The average Bonchev–Trinajstić information content (AvgIpc) is 3.80. The fourth-order valence-corrected chi connectivity index (χ4v) is 8.72. The minimum atomic E-state index is -1.85. The Morgan fingerprint density at radius 1 is 1.12 bits per heavy atom. The Morgan fingerprint density at radius 3 is 2.53 bits per heavy atom. The number of ether oxygens (including phenoxy) is 2. The summed E-state index contributed by atoms with van der Waals surface area (Å²) in [5.74, 6) is -5.36. The van der Waals surface area contributed by atoms with Crippen LogP contribution in [0.15, 0.2) is 74.3 Å². The zero-order valence-electron chi connectivity index (χ0n) is 31.7. The van der Waals surface area contributed by atoms with Crippen LogP contribution in [0.4, 0.5) is 5.13 Å². The Hall–Kier alpha value is -6.37. The molecule has 5 heterocycles. The Morgan fingerprint density at radius 2 is 1.85 bits per heavy atom. The Kier molecular flexibility index (Phi) is 12.1. The predicted molar refractivity (Wildman–Crippen MR) is 214 cm³/mol. The van der Waals surface area contributed by atoms with Gasteiger partial charge in [-0.2, -0.15) is 4.99 Å². The number of hydrogen-bond donors (Lipinski definition) is 5. The molecule has 0 spiro atoms. The number of anilines is 1. The van der Waals surface area contributed by atoms with Crippen molar-refractivity contribution in [3.05, 3.63) is 70.3 Å². The molecule has 2 unspecified atom stereocenters. The fraction of sp³-hybridized carbons (Fsp3) is 0.286. The molecule has 4 aliphatic rings. The van der Waals surface area contributed by atoms with E-state index < -0.39 is 64.3 Å². The number of carboxylic acid groups (broad SMARTS) is 1. The van der Waals surface area contributed by atoms with E-state index in [1.165, 1.54) is 55.1 Å². The quantitative estimate of drug-likeness (QED) is 0.0363. The Balaban J connectivity index is 1.12. The molecule has 59 heavy (non-hydrogen) atoms. The SMILES string of the molecule is CC(=O)Oc1ccc(C(=O)NNC(=O)C(C)(C)ON=C(C(=O)NC2C(=O)N3C(C(=O)O)=C(CS[N+]45C=CC(C)=NC4=CC=N5)CS[C@@H]23)c2csc(N)n2)cc1OC(C)=O. The van der Waals surface area contributed by atoms with Gasteiger partial charge in [0, 0.05) is 48.4 Å². The van der Waals surface area contributed by atoms with E-state index >= 15 is 0 Å². The fourth-order valence-electron chi connectivity index (χ4n) is 5.60. The number of carbonyl (C=O) groups is 7. The number of benzene rings is 1. The highest BCUT2D eigenvalue weighted by Gasteiger charge is 2.55. The standard InChI is InChI=1S/C35H34N10O11S3/c1-16-9-11-45(24(38-16)8-10-37-45)59-14-20-13-57-31-26(30(50)44(31)27(20)32(51)52)40-29(49)25(21-15-58-34(36)39-21)43-56-35(4,5)33(53)42-41-28(48)19-6-7-22(54-17(2)46)23(12-19)55-18(3)47/h6-12,15,26,31H,13-14H2,1-5H3,(H5-,36,39,40,41,42,43,48,49,51,52,53)/p+1/t26?,31-,45?/m0/s1. The molecule has 0 aliphatic carbocycles. The number of nitrogens with zero attached hydrogens (tertiary/aromatic N) is 6. The average molecular weight is 868 g/mol. The first kappa shape index (κ1) is 42.2. The lowest BCUT2D eigenvalue weighted by atomic mass is 10.0. The summed E-state index contributed by atoms with van der Waals surface area (Å²) in [6.07, 6.45) is 7.06. The summed E-state index contributed by atoms with van der Waals surface area (Å²) in [5, 5.41) is 21.9. The van der Waals surface area contributed by atoms with Crippen LogP contribution in [0.25, 0.3) is 0 Å². The molecule has 0 radical (unpaired) electrons. The number of aliphatic imine (C=N–C) groups is 1. The number of allylic oxidation sites excluding steroid dienone is 2. The number of fused-ring (bicyclic) bond motifs is 2. The number of carboxylic acids is 1. The molecule has 3 atom stereocenters. The molecule has 1 aromatic heterocycles. The Labute approximate surface area is 347 Å². The maximum absolute atomic E-state index is 13.7. The topological polar surface area (TPSA) is 283 Å². The third kappa shape index (κ3) is 9.04. The van der Waals surface area contributed by atoms with Crippen LogP contribution in [0, 0.1) is 0 Å². The van der Waals surface area contributed by atoms with Crippen LogP contribution in [0.3, 0.4) is 0 Å². The number of hydrogen-bond acceptors (Lipinski definition) is 18. The van der Waals surface area contributed by atoms with Crippen molar-refractivity contribution in [2.45, 2.75) is 51.6 Å². The molecule has 4 amide bonds. The number of nitrogens with two attached hydrogens (primary N) is 1. The number of β-lactam (4-membered cyclic amide) rings is 1. The van der Waals surface area contributed by atoms with Gasteiger partial charge in [0.25, 0.3) is 29.4 Å². The van der Waals surface area contributed by atoms with E-state index in [0.717, 1.165) is 41.9 Å². The van der Waals surface area contributed by atoms with Crippen LogP contribution in [0.1, 0.15) is 50.7 Å². The lowest BCUT2D eigenvalue weighted by Gasteiger charge is -2.49. The van der Waals surface area contributed by atoms with Gasteiger partial charge in [-0.15, -0.1) is 23.1 Å². The van der Waals surface area contributed by atoms with Gasteiger partial charge in [0.2, 0.25) is 5.60 Å². The third-order valence-corrected chi connectivity index (χ3v) is 11.8. The maximum Gasteiger partial charge on any atom is 0.352 e. The van der Waals surface area contributed by atoms with Crippen LogP contribution < -0.4 is 31.4 Å². The number of nitrogens with one attached hydrogen (secondary N) is 3. The Bertz CT molecular complexity index is 2370. The zero-order valence-corrected chi connectivity index (χ0v) is 34.2. The van der Waals surface area contributed by atoms with Gasteiger partial charge in [0.1, 0.15) is 41.0 Å². The van der Waals surface area contributed by atoms with Gasteiger partial charge < -0.3 is 30.5 Å². The van der Waals surface area contributed by atoms with E-state index in [0.29, 0.717) is 11.4 Å². The number of rotatable bonds is 13. The van der Waals surface area contributed by atoms with Crippen LogP contribution in [0.5, 0.6) is 11.5 Å². The molecular weight excluding hydrogens is 833 g/mol. The van der Waals surface area contributed by atoms with Crippen LogP contribution in [-0.4, -0.2) is 107 Å². The first-order valence-corrected chi connectivity index (χ1v) is 20.1. The van der Waals surface area contributed by atoms with Crippen molar-refractivity contribution < 1.29 is 57.0 Å². The van der Waals surface area contributed by atoms with Gasteiger partial charge in [0.15, 0.2) is 22.3 Å². The lowest BCUT2D eigenvalue weighted by Crippen LogP contribution is -2.71. The van der Waals surface area contributed by atoms with E-state index in [1.807, 2.05) is 19.2 Å². The van der Waals surface area contributed by atoms with E-state index in [1.54, 1.807) is 12.3 Å². The first-order chi connectivity index (χ1) is 27.9. The van der Waals surface area contributed by atoms with Gasteiger partial charge in [-0.25, -0.2) is 9.78 Å². The predicted octanol–water partition coefficient (Wildman–Crippen LogP) is 1.57. The smallest absolute Gasteiger partial charge is 0.352 e. The summed E-state index contributed by atoms with van der Waals surface area (Å²) < 4.78 is 10.0. The van der Waals surface area contributed by atoms with Crippen LogP contribution in [-0.2, 0) is 33.6 Å². The molecule has 24 heteroatoms. The zero-order chi connectivity index (χ0) is 42.8. The van der Waals surface area contributed by atoms with Crippen molar-refractivity contribution in [2.24, 2.45) is 15.2 Å². The normalized spacial score (nSPS) is 20.7. The second-order valence-electron chi connectivity index (χ2n) is 13.2. The highest BCUT2D eigenvalue weighted by atomic mass is 32.2. The number of nitrogen functional groups attached to an aromatic ring is 1. The number of amides is 4. The molecule has 308 valence electrons. The van der Waals surface area contributed by atoms with E-state index in [9.17, 15) is 38.7 Å². The van der Waals surface area contributed by atoms with E-state index in [-0.39, 0.29) is 49.1 Å². The van der Waals surface area contributed by atoms with Crippen molar-refractivity contribution in [1.82, 2.24) is 26.1 Å². The van der Waals surface area contributed by atoms with Crippen molar-refractivity contribution in [1.29, 1.82) is 0 Å². The summed E-state index contributed by atoms with van der Waals surface area (Å²) in [7, 11) is 0. The second-order valence-corrected chi connectivity index (χ2v) is 16.3. The van der Waals surface area contributed by atoms with Crippen LogP contribution in [0.2, 0.25) is 0 Å². The first-order valence-electron chi connectivity index (χ1n) is 17.2. The van der Waals surface area contributed by atoms with E-state index in [2.05, 4.69) is 36.4 Å².